The van der Waals surface area contributed by atoms with Gasteiger partial charge in [0.15, 0.2) is 0 Å². The van der Waals surface area contributed by atoms with Gasteiger partial charge in [0.25, 0.3) is 0 Å². The second-order valence-corrected chi connectivity index (χ2v) is 7.29. The number of nitrogens with zero attached hydrogens (tertiary/aromatic N) is 1. The average Bonchev–Trinajstić information content (AvgIpc) is 3.00. The van der Waals surface area contributed by atoms with Crippen molar-refractivity contribution in [3.63, 3.8) is 0 Å². The van der Waals surface area contributed by atoms with Gasteiger partial charge in [0.1, 0.15) is 11.9 Å². The van der Waals surface area contributed by atoms with Gasteiger partial charge >= 0.3 is 0 Å². The van der Waals surface area contributed by atoms with E-state index in [0.29, 0.717) is 6.10 Å². The van der Waals surface area contributed by atoms with Crippen molar-refractivity contribution < 1.29 is 4.74 Å². The minimum atomic E-state index is 0.333. The summed E-state index contributed by atoms with van der Waals surface area (Å²) in [7, 11) is 0. The number of fused-ring (bicyclic) bond motifs is 2. The van der Waals surface area contributed by atoms with Crippen LogP contribution in [-0.4, -0.2) is 43.2 Å². The van der Waals surface area contributed by atoms with E-state index in [4.69, 9.17) is 4.74 Å². The van der Waals surface area contributed by atoms with Crippen molar-refractivity contribution in [3.05, 3.63) is 28.2 Å². The molecule has 0 radical (unpaired) electrons. The first-order valence-electron chi connectivity index (χ1n) is 7.69. The molecule has 0 aromatic heterocycles. The molecule has 4 heteroatoms. The summed E-state index contributed by atoms with van der Waals surface area (Å²) in [5.41, 5.74) is 1.35. The van der Waals surface area contributed by atoms with Crippen LogP contribution in [0.15, 0.2) is 22.7 Å². The molecule has 2 fully saturated rings. The summed E-state index contributed by atoms with van der Waals surface area (Å²) >= 11 is 3.54. The van der Waals surface area contributed by atoms with Gasteiger partial charge in [-0.15, -0.1) is 0 Å². The summed E-state index contributed by atoms with van der Waals surface area (Å²) in [5, 5.41) is 3.67. The van der Waals surface area contributed by atoms with Crippen LogP contribution in [0.5, 0.6) is 5.75 Å². The monoisotopic (exact) mass is 336 g/mol. The number of hydrogen-bond donors (Lipinski definition) is 1. The van der Waals surface area contributed by atoms with Crippen LogP contribution >= 0.6 is 15.9 Å². The van der Waals surface area contributed by atoms with E-state index in [0.717, 1.165) is 35.1 Å². The maximum absolute atomic E-state index is 6.09. The highest BCUT2D eigenvalue weighted by molar-refractivity contribution is 9.10. The predicted octanol–water partition coefficient (Wildman–Crippen LogP) is 2.44. The van der Waals surface area contributed by atoms with Gasteiger partial charge in [-0.2, -0.15) is 0 Å². The van der Waals surface area contributed by atoms with E-state index in [1.54, 1.807) is 0 Å². The lowest BCUT2D eigenvalue weighted by molar-refractivity contribution is 0.165. The molecule has 0 amide bonds. The summed E-state index contributed by atoms with van der Waals surface area (Å²) in [4.78, 5) is 2.60. The van der Waals surface area contributed by atoms with Gasteiger partial charge in [-0.25, -0.2) is 0 Å². The number of halogens is 1. The average molecular weight is 337 g/mol. The normalized spacial score (nSPS) is 32.8. The third-order valence-corrected chi connectivity index (χ3v) is 5.39. The number of nitrogens with one attached hydrogen (secondary N) is 1. The number of rotatable bonds is 2. The lowest BCUT2D eigenvalue weighted by Gasteiger charge is -2.24. The van der Waals surface area contributed by atoms with E-state index in [-0.39, 0.29) is 0 Å². The molecule has 4 rings (SSSR count). The molecule has 3 heterocycles. The largest absolute Gasteiger partial charge is 0.488 e. The Bertz CT molecular complexity index is 493. The minimum Gasteiger partial charge on any atom is -0.488 e. The van der Waals surface area contributed by atoms with E-state index in [1.807, 2.05) is 0 Å². The molecular formula is C16H21BrN2O. The first-order chi connectivity index (χ1) is 9.78. The molecular weight excluding hydrogens is 316 g/mol. The van der Waals surface area contributed by atoms with Crippen LogP contribution in [0.2, 0.25) is 0 Å². The maximum atomic E-state index is 6.09. The second-order valence-electron chi connectivity index (χ2n) is 6.38. The molecule has 0 bridgehead atoms. The van der Waals surface area contributed by atoms with Gasteiger partial charge in [-0.3, -0.25) is 4.90 Å². The minimum absolute atomic E-state index is 0.333. The van der Waals surface area contributed by atoms with Crippen molar-refractivity contribution in [1.82, 2.24) is 10.2 Å². The molecule has 0 spiro atoms. The van der Waals surface area contributed by atoms with Gasteiger partial charge in [-0.05, 0) is 49.1 Å². The Labute approximate surface area is 128 Å². The van der Waals surface area contributed by atoms with Crippen LogP contribution in [-0.2, 0) is 6.42 Å². The molecule has 1 aromatic rings. The molecule has 20 heavy (non-hydrogen) atoms. The van der Waals surface area contributed by atoms with Crippen molar-refractivity contribution >= 4 is 15.9 Å². The number of piperidine rings is 1. The fourth-order valence-electron chi connectivity index (χ4n) is 3.96. The molecule has 3 nitrogen and oxygen atoms in total. The predicted molar refractivity (Wildman–Crippen MR) is 83.2 cm³/mol. The third kappa shape index (κ3) is 2.49. The number of benzene rings is 1. The molecule has 1 aromatic carbocycles. The maximum Gasteiger partial charge on any atom is 0.123 e. The molecule has 1 N–H and O–H groups in total. The lowest BCUT2D eigenvalue weighted by Crippen LogP contribution is -2.41. The highest BCUT2D eigenvalue weighted by Gasteiger charge is 2.36. The lowest BCUT2D eigenvalue weighted by atomic mass is 9.94. The molecule has 3 aliphatic rings. The Morgan fingerprint density at radius 2 is 2.30 bits per heavy atom. The second kappa shape index (κ2) is 5.32. The highest BCUT2D eigenvalue weighted by Crippen LogP contribution is 2.32. The summed E-state index contributed by atoms with van der Waals surface area (Å²) in [6.07, 6.45) is 4.12. The quantitative estimate of drug-likeness (QED) is 0.897. The zero-order chi connectivity index (χ0) is 13.5. The molecule has 0 saturated carbocycles. The summed E-state index contributed by atoms with van der Waals surface area (Å²) in [5.74, 6) is 1.94. The van der Waals surface area contributed by atoms with Gasteiger partial charge in [-0.1, -0.05) is 15.9 Å². The first-order valence-corrected chi connectivity index (χ1v) is 8.48. The Morgan fingerprint density at radius 3 is 3.20 bits per heavy atom. The summed E-state index contributed by atoms with van der Waals surface area (Å²) < 4.78 is 7.24. The van der Waals surface area contributed by atoms with E-state index < -0.39 is 0 Å². The summed E-state index contributed by atoms with van der Waals surface area (Å²) in [6.45, 7) is 4.72. The van der Waals surface area contributed by atoms with Crippen molar-refractivity contribution in [3.8, 4) is 5.75 Å². The van der Waals surface area contributed by atoms with Crippen molar-refractivity contribution in [2.45, 2.75) is 31.4 Å². The van der Waals surface area contributed by atoms with Crippen LogP contribution in [0.1, 0.15) is 18.4 Å². The van der Waals surface area contributed by atoms with Crippen molar-refractivity contribution in [1.29, 1.82) is 0 Å². The van der Waals surface area contributed by atoms with Gasteiger partial charge < -0.3 is 10.1 Å². The Balaban J connectivity index is 1.37. The van der Waals surface area contributed by atoms with Crippen LogP contribution < -0.4 is 10.1 Å². The van der Waals surface area contributed by atoms with Crippen molar-refractivity contribution in [2.75, 3.05) is 26.2 Å². The molecule has 2 saturated heterocycles. The number of ether oxygens (including phenoxy) is 1. The van der Waals surface area contributed by atoms with Crippen molar-refractivity contribution in [2.24, 2.45) is 5.92 Å². The Hall–Kier alpha value is -0.580. The summed E-state index contributed by atoms with van der Waals surface area (Å²) in [6, 6.07) is 7.07. The SMILES string of the molecule is Brc1ccc2c(c1)CC(CN1C[C@@H]3CCCN[C@@H]3C1)O2. The molecule has 3 aliphatic heterocycles. The first kappa shape index (κ1) is 13.1. The Kier molecular flexibility index (Phi) is 3.49. The fourth-order valence-corrected chi connectivity index (χ4v) is 4.37. The zero-order valence-electron chi connectivity index (χ0n) is 11.6. The van der Waals surface area contributed by atoms with Crippen LogP contribution in [0.4, 0.5) is 0 Å². The highest BCUT2D eigenvalue weighted by atomic mass is 79.9. The van der Waals surface area contributed by atoms with Gasteiger partial charge in [0.2, 0.25) is 0 Å². The standard InChI is InChI=1S/C16H21BrN2O/c17-13-3-4-16-12(6-13)7-14(20-16)9-19-8-11-2-1-5-18-15(11)10-19/h3-4,6,11,14-15,18H,1-2,5,7-10H2/t11-,14?,15+/m0/s1. The Morgan fingerprint density at radius 1 is 1.35 bits per heavy atom. The zero-order valence-corrected chi connectivity index (χ0v) is 13.2. The topological polar surface area (TPSA) is 24.5 Å². The van der Waals surface area contributed by atoms with E-state index >= 15 is 0 Å². The van der Waals surface area contributed by atoms with E-state index in [9.17, 15) is 0 Å². The smallest absolute Gasteiger partial charge is 0.123 e. The van der Waals surface area contributed by atoms with Crippen LogP contribution in [0, 0.1) is 5.92 Å². The third-order valence-electron chi connectivity index (χ3n) is 4.90. The molecule has 1 unspecified atom stereocenters. The molecule has 3 atom stereocenters. The van der Waals surface area contributed by atoms with E-state index in [2.05, 4.69) is 44.3 Å². The molecule has 0 aliphatic carbocycles. The van der Waals surface area contributed by atoms with Crippen LogP contribution in [0.25, 0.3) is 0 Å². The molecule has 108 valence electrons. The van der Waals surface area contributed by atoms with Crippen LogP contribution in [0.3, 0.4) is 0 Å². The van der Waals surface area contributed by atoms with E-state index in [1.165, 1.54) is 38.0 Å². The van der Waals surface area contributed by atoms with Gasteiger partial charge in [0, 0.05) is 36.6 Å². The number of likely N-dealkylation sites (tertiary alicyclic amines) is 1. The fraction of sp³-hybridized carbons (Fsp3) is 0.625. The van der Waals surface area contributed by atoms with Gasteiger partial charge in [0.05, 0.1) is 0 Å². The number of hydrogen-bond acceptors (Lipinski definition) is 3.